The van der Waals surface area contributed by atoms with Crippen molar-refractivity contribution in [3.63, 3.8) is 0 Å². The van der Waals surface area contributed by atoms with Gasteiger partial charge < -0.3 is 14.2 Å². The molecule has 158 valence electrons. The molecule has 0 radical (unpaired) electrons. The van der Waals surface area contributed by atoms with E-state index in [1.807, 2.05) is 42.5 Å². The van der Waals surface area contributed by atoms with Crippen LogP contribution in [0.5, 0.6) is 11.5 Å². The van der Waals surface area contributed by atoms with Crippen molar-refractivity contribution in [2.24, 2.45) is 0 Å². The topological polar surface area (TPSA) is 61.8 Å². The molecule has 0 saturated carbocycles. The van der Waals surface area contributed by atoms with Crippen molar-refractivity contribution in [3.05, 3.63) is 96.1 Å². The lowest BCUT2D eigenvalue weighted by atomic mass is 9.97. The van der Waals surface area contributed by atoms with E-state index in [4.69, 9.17) is 14.2 Å². The highest BCUT2D eigenvalue weighted by atomic mass is 16.5. The molecular weight excluding hydrogens is 392 g/mol. The van der Waals surface area contributed by atoms with Crippen LogP contribution in [-0.4, -0.2) is 25.2 Å². The van der Waals surface area contributed by atoms with Crippen molar-refractivity contribution in [2.45, 2.75) is 19.4 Å². The molecule has 0 bridgehead atoms. The van der Waals surface area contributed by atoms with Crippen LogP contribution in [0.25, 0.3) is 11.6 Å². The van der Waals surface area contributed by atoms with Gasteiger partial charge in [-0.2, -0.15) is 0 Å². The van der Waals surface area contributed by atoms with Crippen molar-refractivity contribution in [3.8, 4) is 11.5 Å². The second-order valence-corrected chi connectivity index (χ2v) is 7.03. The van der Waals surface area contributed by atoms with Crippen molar-refractivity contribution in [1.82, 2.24) is 0 Å². The van der Waals surface area contributed by atoms with E-state index in [-0.39, 0.29) is 12.1 Å². The molecule has 0 saturated heterocycles. The Morgan fingerprint density at radius 2 is 1.71 bits per heavy atom. The first kappa shape index (κ1) is 21.8. The van der Waals surface area contributed by atoms with Crippen molar-refractivity contribution in [2.75, 3.05) is 7.11 Å². The van der Waals surface area contributed by atoms with E-state index in [2.05, 4.69) is 6.58 Å². The SMILES string of the molecule is C=C(C)C(=O)OC1C=CC(c2ccc(/C=C\C(=O)Oc3ccc(OC)cc3)cc2)=CC1. The molecule has 0 amide bonds. The quantitative estimate of drug-likeness (QED) is 0.355. The first-order valence-corrected chi connectivity index (χ1v) is 9.84. The third kappa shape index (κ3) is 6.31. The number of hydrogen-bond donors (Lipinski definition) is 0. The number of carbonyl (C=O) groups excluding carboxylic acids is 2. The van der Waals surface area contributed by atoms with Crippen LogP contribution < -0.4 is 9.47 Å². The third-order valence-corrected chi connectivity index (χ3v) is 4.60. The van der Waals surface area contributed by atoms with E-state index in [0.717, 1.165) is 16.7 Å². The maximum absolute atomic E-state index is 12.0. The van der Waals surface area contributed by atoms with Gasteiger partial charge in [-0.1, -0.05) is 43.0 Å². The van der Waals surface area contributed by atoms with Crippen LogP contribution in [0.4, 0.5) is 0 Å². The van der Waals surface area contributed by atoms with Gasteiger partial charge in [0.05, 0.1) is 7.11 Å². The van der Waals surface area contributed by atoms with E-state index in [1.54, 1.807) is 44.4 Å². The molecule has 5 nitrogen and oxygen atoms in total. The number of esters is 2. The molecule has 0 aliphatic heterocycles. The Labute approximate surface area is 181 Å². The van der Waals surface area contributed by atoms with E-state index in [1.165, 1.54) is 6.08 Å². The first-order chi connectivity index (χ1) is 14.9. The highest BCUT2D eigenvalue weighted by Gasteiger charge is 2.14. The number of hydrogen-bond acceptors (Lipinski definition) is 5. The summed E-state index contributed by atoms with van der Waals surface area (Å²) in [5.41, 5.74) is 3.36. The molecule has 0 N–H and O–H groups in total. The Balaban J connectivity index is 1.54. The Hall–Kier alpha value is -3.86. The molecule has 0 spiro atoms. The number of ether oxygens (including phenoxy) is 3. The van der Waals surface area contributed by atoms with Crippen LogP contribution in [0, 0.1) is 0 Å². The summed E-state index contributed by atoms with van der Waals surface area (Å²) < 4.78 is 15.7. The average molecular weight is 416 g/mol. The molecule has 1 atom stereocenters. The minimum atomic E-state index is -0.456. The fraction of sp³-hybridized carbons (Fsp3) is 0.154. The average Bonchev–Trinajstić information content (AvgIpc) is 2.79. The highest BCUT2D eigenvalue weighted by molar-refractivity contribution is 5.89. The number of benzene rings is 2. The number of rotatable bonds is 7. The van der Waals surface area contributed by atoms with Gasteiger partial charge in [0.2, 0.25) is 0 Å². The fourth-order valence-corrected chi connectivity index (χ4v) is 2.89. The summed E-state index contributed by atoms with van der Waals surface area (Å²) in [4.78, 5) is 23.6. The summed E-state index contributed by atoms with van der Waals surface area (Å²) in [6, 6.07) is 14.6. The Morgan fingerprint density at radius 3 is 2.29 bits per heavy atom. The summed E-state index contributed by atoms with van der Waals surface area (Å²) in [6.07, 6.45) is 9.28. The molecule has 0 aromatic heterocycles. The lowest BCUT2D eigenvalue weighted by Gasteiger charge is -2.17. The summed E-state index contributed by atoms with van der Waals surface area (Å²) in [6.45, 7) is 5.22. The second-order valence-electron chi connectivity index (χ2n) is 7.03. The lowest BCUT2D eigenvalue weighted by molar-refractivity contribution is -0.142. The van der Waals surface area contributed by atoms with E-state index in [9.17, 15) is 9.59 Å². The standard InChI is InChI=1S/C26H24O5/c1-18(2)26(28)31-24-11-9-21(10-12-24)20-7-4-19(5-8-20)6-17-25(27)30-23-15-13-22(29-3)14-16-23/h4-11,13-17,24H,1,12H2,2-3H3/b17-6-. The molecule has 3 rings (SSSR count). The molecular formula is C26H24O5. The zero-order chi connectivity index (χ0) is 22.2. The predicted octanol–water partition coefficient (Wildman–Crippen LogP) is 5.15. The van der Waals surface area contributed by atoms with E-state index >= 15 is 0 Å². The van der Waals surface area contributed by atoms with Gasteiger partial charge in [0.1, 0.15) is 17.6 Å². The molecule has 0 heterocycles. The summed E-state index contributed by atoms with van der Waals surface area (Å²) in [5.74, 6) is 0.312. The first-order valence-electron chi connectivity index (χ1n) is 9.84. The molecule has 5 heteroatoms. The maximum Gasteiger partial charge on any atom is 0.336 e. The summed E-state index contributed by atoms with van der Waals surface area (Å²) in [5, 5.41) is 0. The van der Waals surface area contributed by atoms with Crippen LogP contribution >= 0.6 is 0 Å². The zero-order valence-corrected chi connectivity index (χ0v) is 17.5. The van der Waals surface area contributed by atoms with E-state index in [0.29, 0.717) is 23.5 Å². The normalized spacial score (nSPS) is 15.3. The van der Waals surface area contributed by atoms with Gasteiger partial charge in [-0.15, -0.1) is 0 Å². The monoisotopic (exact) mass is 416 g/mol. The smallest absolute Gasteiger partial charge is 0.336 e. The van der Waals surface area contributed by atoms with Crippen LogP contribution in [0.3, 0.4) is 0 Å². The Bertz CT molecular complexity index is 1040. The summed E-state index contributed by atoms with van der Waals surface area (Å²) >= 11 is 0. The highest BCUT2D eigenvalue weighted by Crippen LogP contribution is 2.24. The van der Waals surface area contributed by atoms with Gasteiger partial charge in [0.25, 0.3) is 0 Å². The molecule has 1 aliphatic rings. The van der Waals surface area contributed by atoms with Crippen LogP contribution in [0.1, 0.15) is 24.5 Å². The van der Waals surface area contributed by atoms with Crippen LogP contribution in [-0.2, 0) is 14.3 Å². The van der Waals surface area contributed by atoms with Crippen LogP contribution in [0.15, 0.2) is 85.0 Å². The summed E-state index contributed by atoms with van der Waals surface area (Å²) in [7, 11) is 1.58. The van der Waals surface area contributed by atoms with Crippen LogP contribution in [0.2, 0.25) is 0 Å². The zero-order valence-electron chi connectivity index (χ0n) is 17.5. The number of methoxy groups -OCH3 is 1. The van der Waals surface area contributed by atoms with Gasteiger partial charge in [0, 0.05) is 18.1 Å². The van der Waals surface area contributed by atoms with Gasteiger partial charge in [-0.05, 0) is 60.0 Å². The van der Waals surface area contributed by atoms with E-state index < -0.39 is 5.97 Å². The second kappa shape index (κ2) is 10.3. The van der Waals surface area contributed by atoms with Crippen molar-refractivity contribution < 1.29 is 23.8 Å². The number of carbonyl (C=O) groups is 2. The lowest BCUT2D eigenvalue weighted by Crippen LogP contribution is -2.17. The molecule has 2 aromatic carbocycles. The Morgan fingerprint density at radius 1 is 1.03 bits per heavy atom. The van der Waals surface area contributed by atoms with Gasteiger partial charge in [0.15, 0.2) is 0 Å². The minimum absolute atomic E-state index is 0.271. The molecule has 2 aromatic rings. The molecule has 0 fully saturated rings. The van der Waals surface area contributed by atoms with Gasteiger partial charge >= 0.3 is 11.9 Å². The molecule has 1 aliphatic carbocycles. The predicted molar refractivity (Wildman–Crippen MR) is 121 cm³/mol. The minimum Gasteiger partial charge on any atom is -0.497 e. The van der Waals surface area contributed by atoms with Crippen molar-refractivity contribution in [1.29, 1.82) is 0 Å². The van der Waals surface area contributed by atoms with Gasteiger partial charge in [-0.25, -0.2) is 9.59 Å². The fourth-order valence-electron chi connectivity index (χ4n) is 2.89. The molecule has 31 heavy (non-hydrogen) atoms. The van der Waals surface area contributed by atoms with Gasteiger partial charge in [-0.3, -0.25) is 0 Å². The largest absolute Gasteiger partial charge is 0.497 e. The Kier molecular flexibility index (Phi) is 7.22. The van der Waals surface area contributed by atoms with Crippen molar-refractivity contribution >= 4 is 23.6 Å². The maximum atomic E-state index is 12.0. The third-order valence-electron chi connectivity index (χ3n) is 4.60. The number of allylic oxidation sites excluding steroid dienone is 2. The molecule has 1 unspecified atom stereocenters.